The molecule has 1 fully saturated rings. The lowest BCUT2D eigenvalue weighted by Crippen LogP contribution is -2.18. The Kier molecular flexibility index (Phi) is 3.12. The van der Waals surface area contributed by atoms with Crippen LogP contribution in [0.25, 0.3) is 0 Å². The van der Waals surface area contributed by atoms with Crippen LogP contribution < -0.4 is 11.1 Å². The van der Waals surface area contributed by atoms with Crippen molar-refractivity contribution in [2.45, 2.75) is 32.2 Å². The van der Waals surface area contributed by atoms with E-state index in [1.54, 1.807) is 0 Å². The highest BCUT2D eigenvalue weighted by Crippen LogP contribution is 2.34. The van der Waals surface area contributed by atoms with Gasteiger partial charge in [0.25, 0.3) is 0 Å². The number of nitrogens with two attached hydrogens (primary N) is 1. The van der Waals surface area contributed by atoms with Crippen molar-refractivity contribution in [1.29, 1.82) is 0 Å². The molecule has 0 spiro atoms. The standard InChI is InChI=1S/C11H16N4O2/c1-7(6-8-2-3-8)13-11-9(15(16)17)4-5-10(12)14-11/h4-5,7-8H,2-3,6H2,1H3,(H3,12,13,14). The molecule has 1 aromatic rings. The van der Waals surface area contributed by atoms with Crippen LogP contribution in [0.3, 0.4) is 0 Å². The van der Waals surface area contributed by atoms with Crippen molar-refractivity contribution in [3.63, 3.8) is 0 Å². The molecule has 1 aliphatic carbocycles. The van der Waals surface area contributed by atoms with Gasteiger partial charge in [0.1, 0.15) is 5.82 Å². The average Bonchev–Trinajstić information content (AvgIpc) is 3.00. The molecule has 2 rings (SSSR count). The van der Waals surface area contributed by atoms with Gasteiger partial charge in [-0.1, -0.05) is 12.8 Å². The highest BCUT2D eigenvalue weighted by molar-refractivity contribution is 5.59. The molecule has 3 N–H and O–H groups in total. The van der Waals surface area contributed by atoms with Crippen LogP contribution in [0.15, 0.2) is 12.1 Å². The second-order valence-corrected chi connectivity index (χ2v) is 4.59. The molecule has 0 amide bonds. The van der Waals surface area contributed by atoms with E-state index in [-0.39, 0.29) is 23.4 Å². The van der Waals surface area contributed by atoms with Crippen LogP contribution in [-0.2, 0) is 0 Å². The number of aromatic nitrogens is 1. The van der Waals surface area contributed by atoms with Gasteiger partial charge in [-0.15, -0.1) is 0 Å². The summed E-state index contributed by atoms with van der Waals surface area (Å²) in [7, 11) is 0. The fourth-order valence-corrected chi connectivity index (χ4v) is 1.87. The summed E-state index contributed by atoms with van der Waals surface area (Å²) in [5.74, 6) is 1.32. The van der Waals surface area contributed by atoms with Crippen molar-refractivity contribution >= 4 is 17.3 Å². The summed E-state index contributed by atoms with van der Waals surface area (Å²) >= 11 is 0. The molecule has 1 aromatic heterocycles. The van der Waals surface area contributed by atoms with E-state index in [0.29, 0.717) is 0 Å². The maximum absolute atomic E-state index is 10.8. The Hall–Kier alpha value is -1.85. The van der Waals surface area contributed by atoms with Gasteiger partial charge >= 0.3 is 5.69 Å². The van der Waals surface area contributed by atoms with E-state index in [0.717, 1.165) is 12.3 Å². The highest BCUT2D eigenvalue weighted by Gasteiger charge is 2.25. The van der Waals surface area contributed by atoms with Gasteiger partial charge in [-0.2, -0.15) is 0 Å². The predicted molar refractivity (Wildman–Crippen MR) is 65.7 cm³/mol. The smallest absolute Gasteiger partial charge is 0.311 e. The third kappa shape index (κ3) is 3.05. The molecule has 1 atom stereocenters. The lowest BCUT2D eigenvalue weighted by atomic mass is 10.1. The minimum Gasteiger partial charge on any atom is -0.384 e. The first kappa shape index (κ1) is 11.6. The van der Waals surface area contributed by atoms with E-state index in [1.165, 1.54) is 25.0 Å². The Morgan fingerprint density at radius 2 is 2.35 bits per heavy atom. The number of nitrogens with one attached hydrogen (secondary N) is 1. The van der Waals surface area contributed by atoms with E-state index in [9.17, 15) is 10.1 Å². The van der Waals surface area contributed by atoms with Gasteiger partial charge in [0.05, 0.1) is 4.92 Å². The molecule has 0 saturated heterocycles. The van der Waals surface area contributed by atoms with Gasteiger partial charge in [0.2, 0.25) is 5.82 Å². The fourth-order valence-electron chi connectivity index (χ4n) is 1.87. The molecule has 0 radical (unpaired) electrons. The Morgan fingerprint density at radius 3 is 2.94 bits per heavy atom. The molecule has 0 bridgehead atoms. The zero-order valence-electron chi connectivity index (χ0n) is 9.72. The summed E-state index contributed by atoms with van der Waals surface area (Å²) in [4.78, 5) is 14.4. The van der Waals surface area contributed by atoms with Gasteiger partial charge in [0.15, 0.2) is 0 Å². The Labute approximate surface area is 99.4 Å². The van der Waals surface area contributed by atoms with Crippen LogP contribution in [0.2, 0.25) is 0 Å². The van der Waals surface area contributed by atoms with Crippen LogP contribution in [-0.4, -0.2) is 15.9 Å². The van der Waals surface area contributed by atoms with E-state index in [1.807, 2.05) is 6.92 Å². The lowest BCUT2D eigenvalue weighted by molar-refractivity contribution is -0.384. The molecular weight excluding hydrogens is 220 g/mol. The summed E-state index contributed by atoms with van der Waals surface area (Å²) in [5.41, 5.74) is 5.52. The number of pyridine rings is 1. The Balaban J connectivity index is 2.11. The normalized spacial score (nSPS) is 16.5. The van der Waals surface area contributed by atoms with Crippen LogP contribution in [0.5, 0.6) is 0 Å². The maximum Gasteiger partial charge on any atom is 0.311 e. The molecule has 17 heavy (non-hydrogen) atoms. The van der Waals surface area contributed by atoms with Gasteiger partial charge in [0, 0.05) is 12.1 Å². The Morgan fingerprint density at radius 1 is 1.65 bits per heavy atom. The van der Waals surface area contributed by atoms with Crippen LogP contribution in [0.1, 0.15) is 26.2 Å². The molecular formula is C11H16N4O2. The third-order valence-corrected chi connectivity index (χ3v) is 2.86. The third-order valence-electron chi connectivity index (χ3n) is 2.86. The van der Waals surface area contributed by atoms with Crippen LogP contribution >= 0.6 is 0 Å². The minimum absolute atomic E-state index is 0.0261. The summed E-state index contributed by atoms with van der Waals surface area (Å²) < 4.78 is 0. The lowest BCUT2D eigenvalue weighted by Gasteiger charge is -2.14. The SMILES string of the molecule is CC(CC1CC1)Nc1nc(N)ccc1[N+](=O)[O-]. The fraction of sp³-hybridized carbons (Fsp3) is 0.545. The first-order valence-corrected chi connectivity index (χ1v) is 5.73. The van der Waals surface area contributed by atoms with Crippen molar-refractivity contribution in [2.75, 3.05) is 11.1 Å². The summed E-state index contributed by atoms with van der Waals surface area (Å²) in [6, 6.07) is 3.00. The van der Waals surface area contributed by atoms with Gasteiger partial charge in [-0.3, -0.25) is 10.1 Å². The number of nitrogen functional groups attached to an aromatic ring is 1. The minimum atomic E-state index is -0.446. The molecule has 1 unspecified atom stereocenters. The predicted octanol–water partition coefficient (Wildman–Crippen LogP) is 2.17. The second kappa shape index (κ2) is 4.57. The number of hydrogen-bond donors (Lipinski definition) is 2. The molecule has 6 nitrogen and oxygen atoms in total. The van der Waals surface area contributed by atoms with E-state index < -0.39 is 4.92 Å². The van der Waals surface area contributed by atoms with Crippen molar-refractivity contribution in [1.82, 2.24) is 4.98 Å². The molecule has 1 aliphatic rings. The zero-order valence-corrected chi connectivity index (χ0v) is 9.72. The summed E-state index contributed by atoms with van der Waals surface area (Å²) in [6.45, 7) is 2.01. The first-order valence-electron chi connectivity index (χ1n) is 5.73. The second-order valence-electron chi connectivity index (χ2n) is 4.59. The molecule has 6 heteroatoms. The Bertz CT molecular complexity index is 431. The molecule has 1 saturated carbocycles. The monoisotopic (exact) mass is 236 g/mol. The van der Waals surface area contributed by atoms with Gasteiger partial charge < -0.3 is 11.1 Å². The number of anilines is 2. The molecule has 92 valence electrons. The molecule has 0 aromatic carbocycles. The molecule has 0 aliphatic heterocycles. The van der Waals surface area contributed by atoms with Crippen LogP contribution in [0.4, 0.5) is 17.3 Å². The highest BCUT2D eigenvalue weighted by atomic mass is 16.6. The number of hydrogen-bond acceptors (Lipinski definition) is 5. The van der Waals surface area contributed by atoms with Crippen LogP contribution in [0, 0.1) is 16.0 Å². The van der Waals surface area contributed by atoms with Crippen molar-refractivity contribution in [3.05, 3.63) is 22.2 Å². The summed E-state index contributed by atoms with van der Waals surface area (Å²) in [5, 5.41) is 13.9. The van der Waals surface area contributed by atoms with Gasteiger partial charge in [-0.25, -0.2) is 4.98 Å². The van der Waals surface area contributed by atoms with E-state index in [4.69, 9.17) is 5.73 Å². The van der Waals surface area contributed by atoms with E-state index >= 15 is 0 Å². The maximum atomic E-state index is 10.8. The van der Waals surface area contributed by atoms with Crippen molar-refractivity contribution in [2.24, 2.45) is 5.92 Å². The number of rotatable bonds is 5. The van der Waals surface area contributed by atoms with Gasteiger partial charge in [-0.05, 0) is 25.3 Å². The zero-order chi connectivity index (χ0) is 12.4. The summed E-state index contributed by atoms with van der Waals surface area (Å²) in [6.07, 6.45) is 3.55. The largest absolute Gasteiger partial charge is 0.384 e. The number of nitro groups is 1. The first-order chi connectivity index (χ1) is 8.06. The average molecular weight is 236 g/mol. The quantitative estimate of drug-likeness (QED) is 0.603. The molecule has 1 heterocycles. The van der Waals surface area contributed by atoms with E-state index in [2.05, 4.69) is 10.3 Å². The topological polar surface area (TPSA) is 94.1 Å². The number of nitrogens with zero attached hydrogens (tertiary/aromatic N) is 2. The van der Waals surface area contributed by atoms with Crippen molar-refractivity contribution in [3.8, 4) is 0 Å². The van der Waals surface area contributed by atoms with Crippen molar-refractivity contribution < 1.29 is 4.92 Å².